The van der Waals surface area contributed by atoms with Crippen molar-refractivity contribution in [3.8, 4) is 11.5 Å². The van der Waals surface area contributed by atoms with Crippen LogP contribution in [-0.4, -0.2) is 95.0 Å². The lowest BCUT2D eigenvalue weighted by Gasteiger charge is -2.52. The van der Waals surface area contributed by atoms with Gasteiger partial charge in [0.2, 0.25) is 5.91 Å². The Labute approximate surface area is 227 Å². The zero-order valence-corrected chi connectivity index (χ0v) is 23.2. The number of aliphatic hydroxyl groups is 1. The van der Waals surface area contributed by atoms with Gasteiger partial charge in [-0.2, -0.15) is 0 Å². The number of ether oxygens (including phenoxy) is 1. The van der Waals surface area contributed by atoms with Crippen LogP contribution in [0.5, 0.6) is 11.5 Å². The molecule has 39 heavy (non-hydrogen) atoms. The second-order valence-electron chi connectivity index (χ2n) is 11.4. The number of likely N-dealkylation sites (N-methyl/N-ethyl adjacent to an activating group) is 1. The van der Waals surface area contributed by atoms with Crippen LogP contribution in [0.4, 0.5) is 0 Å². The summed E-state index contributed by atoms with van der Waals surface area (Å²) in [5, 5.41) is 22.6. The fourth-order valence-electron chi connectivity index (χ4n) is 6.82. The molecule has 3 aliphatic rings. The molecule has 4 rings (SSSR count). The van der Waals surface area contributed by atoms with Gasteiger partial charge in [0.05, 0.1) is 24.6 Å². The van der Waals surface area contributed by atoms with E-state index in [4.69, 9.17) is 10.5 Å². The number of phenols is 1. The molecule has 7 atom stereocenters. The molecule has 2 fully saturated rings. The number of methoxy groups -OCH3 is 1. The molecular formula is C28H37N3O8. The Kier molecular flexibility index (Phi) is 7.48. The summed E-state index contributed by atoms with van der Waals surface area (Å²) in [4.78, 5) is 69.9. The van der Waals surface area contributed by atoms with Gasteiger partial charge in [-0.3, -0.25) is 33.8 Å². The molecule has 1 aromatic rings. The summed E-state index contributed by atoms with van der Waals surface area (Å²) in [5.74, 6) is -10.2. The van der Waals surface area contributed by atoms with Crippen LogP contribution in [0.15, 0.2) is 6.07 Å². The first-order valence-electron chi connectivity index (χ1n) is 13.2. The number of fused-ring (bicyclic) bond motifs is 3. The van der Waals surface area contributed by atoms with E-state index in [-0.39, 0.29) is 30.2 Å². The number of hydrogen-bond acceptors (Lipinski definition) is 10. The maximum Gasteiger partial charge on any atom is 0.235 e. The molecule has 0 bridgehead atoms. The van der Waals surface area contributed by atoms with Crippen LogP contribution in [0.1, 0.15) is 48.2 Å². The molecule has 4 N–H and O–H groups in total. The van der Waals surface area contributed by atoms with Gasteiger partial charge >= 0.3 is 0 Å². The highest BCUT2D eigenvalue weighted by Crippen LogP contribution is 2.52. The molecule has 11 nitrogen and oxygen atoms in total. The maximum absolute atomic E-state index is 13.9. The summed E-state index contributed by atoms with van der Waals surface area (Å²) in [5.41, 5.74) is 3.67. The summed E-state index contributed by atoms with van der Waals surface area (Å²) in [6.45, 7) is 4.59. The van der Waals surface area contributed by atoms with Crippen LogP contribution in [0.2, 0.25) is 0 Å². The van der Waals surface area contributed by atoms with Gasteiger partial charge < -0.3 is 20.7 Å². The number of carbonyl (C=O) groups excluding carboxylic acids is 5. The van der Waals surface area contributed by atoms with Crippen LogP contribution in [-0.2, 0) is 32.1 Å². The molecule has 0 saturated heterocycles. The van der Waals surface area contributed by atoms with Crippen LogP contribution < -0.4 is 10.5 Å². The number of phenolic OH excluding ortho intramolecular Hbond substituents is 1. The summed E-state index contributed by atoms with van der Waals surface area (Å²) < 4.78 is 5.74. The average Bonchev–Trinajstić information content (AvgIpc) is 2.85. The maximum atomic E-state index is 13.9. The Hall–Kier alpha value is -3.15. The smallest absolute Gasteiger partial charge is 0.235 e. The number of hydrogen-bond donors (Lipinski definition) is 3. The van der Waals surface area contributed by atoms with Gasteiger partial charge in [-0.25, -0.2) is 0 Å². The highest BCUT2D eigenvalue weighted by Gasteiger charge is 2.69. The third kappa shape index (κ3) is 4.18. The molecule has 1 amide bonds. The number of rotatable bonds is 7. The minimum Gasteiger partial charge on any atom is -0.507 e. The predicted molar refractivity (Wildman–Crippen MR) is 139 cm³/mol. The number of ketones is 4. The molecule has 0 aliphatic heterocycles. The van der Waals surface area contributed by atoms with Crippen molar-refractivity contribution >= 4 is 29.0 Å². The van der Waals surface area contributed by atoms with Gasteiger partial charge in [0.1, 0.15) is 11.5 Å². The Bertz CT molecular complexity index is 1260. The van der Waals surface area contributed by atoms with Crippen molar-refractivity contribution in [3.63, 3.8) is 0 Å². The van der Waals surface area contributed by atoms with Crippen LogP contribution in [0, 0.1) is 23.7 Å². The summed E-state index contributed by atoms with van der Waals surface area (Å²) in [6.07, 6.45) is 1.06. The largest absolute Gasteiger partial charge is 0.507 e. The Morgan fingerprint density at radius 1 is 1.21 bits per heavy atom. The van der Waals surface area contributed by atoms with Gasteiger partial charge in [-0.1, -0.05) is 6.92 Å². The normalized spacial score (nSPS) is 31.2. The third-order valence-electron chi connectivity index (χ3n) is 9.06. The van der Waals surface area contributed by atoms with Gasteiger partial charge in [0.15, 0.2) is 34.7 Å². The highest BCUT2D eigenvalue weighted by molar-refractivity contribution is 6.32. The fraction of sp³-hybridized carbons (Fsp3) is 0.607. The summed E-state index contributed by atoms with van der Waals surface area (Å²) >= 11 is 0. The second-order valence-corrected chi connectivity index (χ2v) is 11.4. The van der Waals surface area contributed by atoms with Crippen LogP contribution in [0.25, 0.3) is 0 Å². The van der Waals surface area contributed by atoms with Crippen LogP contribution >= 0.6 is 0 Å². The first kappa shape index (κ1) is 28.8. The number of benzene rings is 1. The van der Waals surface area contributed by atoms with E-state index in [1.165, 1.54) is 18.1 Å². The van der Waals surface area contributed by atoms with E-state index in [0.29, 0.717) is 23.4 Å². The van der Waals surface area contributed by atoms with Crippen LogP contribution in [0.3, 0.4) is 0 Å². The first-order chi connectivity index (χ1) is 18.2. The SMILES string of the molecule is CCC(C)N(C)Cc1cc(O)c2c(c1OC)C[C@H]1C[C@H]3[C@H](N(C)C)C(=O)C(C(N)=O)C(=O)[C@@]3(O)C(=O)C1C2=O. The Morgan fingerprint density at radius 3 is 2.38 bits per heavy atom. The summed E-state index contributed by atoms with van der Waals surface area (Å²) in [6, 6.07) is 0.563. The number of aromatic hydroxyl groups is 1. The van der Waals surface area contributed by atoms with E-state index in [1.807, 2.05) is 7.05 Å². The number of amides is 1. The van der Waals surface area contributed by atoms with E-state index in [0.717, 1.165) is 6.42 Å². The van der Waals surface area contributed by atoms with Crippen molar-refractivity contribution in [1.82, 2.24) is 9.80 Å². The van der Waals surface area contributed by atoms with Crippen molar-refractivity contribution in [3.05, 3.63) is 22.8 Å². The molecule has 0 aromatic heterocycles. The van der Waals surface area contributed by atoms with E-state index in [1.54, 1.807) is 14.1 Å². The molecule has 1 aromatic carbocycles. The molecule has 212 valence electrons. The third-order valence-corrected chi connectivity index (χ3v) is 9.06. The van der Waals surface area contributed by atoms with E-state index in [2.05, 4.69) is 18.7 Å². The van der Waals surface area contributed by atoms with Crippen molar-refractivity contribution in [2.24, 2.45) is 29.4 Å². The quantitative estimate of drug-likeness (QED) is 0.401. The van der Waals surface area contributed by atoms with E-state index < -0.39 is 64.4 Å². The number of nitrogens with two attached hydrogens (primary N) is 1. The highest BCUT2D eigenvalue weighted by atomic mass is 16.5. The predicted octanol–water partition coefficient (Wildman–Crippen LogP) is 0.106. The molecular weight excluding hydrogens is 506 g/mol. The van der Waals surface area contributed by atoms with Gasteiger partial charge in [0, 0.05) is 29.6 Å². The Morgan fingerprint density at radius 2 is 1.85 bits per heavy atom. The minimum atomic E-state index is -2.74. The van der Waals surface area contributed by atoms with Crippen molar-refractivity contribution < 1.29 is 38.9 Å². The van der Waals surface area contributed by atoms with Gasteiger partial charge in [0.25, 0.3) is 0 Å². The summed E-state index contributed by atoms with van der Waals surface area (Å²) in [7, 11) is 6.53. The zero-order chi connectivity index (χ0) is 29.1. The number of nitrogens with zero attached hydrogens (tertiary/aromatic N) is 2. The lowest BCUT2D eigenvalue weighted by molar-refractivity contribution is -0.181. The molecule has 0 heterocycles. The minimum absolute atomic E-state index is 0.00912. The zero-order valence-electron chi connectivity index (χ0n) is 23.2. The van der Waals surface area contributed by atoms with Gasteiger partial charge in [-0.05, 0) is 59.3 Å². The fourth-order valence-corrected chi connectivity index (χ4v) is 6.82. The lowest BCUT2D eigenvalue weighted by Crippen LogP contribution is -2.74. The van der Waals surface area contributed by atoms with E-state index >= 15 is 0 Å². The standard InChI is InChI=1S/C28H37N3O8/c1-7-12(2)31(5)11-14-10-17(32)19-15(24(14)39-6)8-13-9-16-21(30(3)4)23(34)20(27(29)37)26(36)28(16,38)25(35)18(13)22(19)33/h10,12-13,16,18,20-21,32,38H,7-9,11H2,1-6H3,(H2,29,37)/t12?,13-,16-,18?,20?,21-,28-/m0/s1. The second kappa shape index (κ2) is 10.1. The Balaban J connectivity index is 1.83. The van der Waals surface area contributed by atoms with Crippen molar-refractivity contribution in [2.45, 2.75) is 57.3 Å². The average molecular weight is 544 g/mol. The van der Waals surface area contributed by atoms with Crippen molar-refractivity contribution in [1.29, 1.82) is 0 Å². The molecule has 3 aliphatic carbocycles. The lowest BCUT2D eigenvalue weighted by atomic mass is 9.52. The number of primary amides is 1. The van der Waals surface area contributed by atoms with E-state index in [9.17, 15) is 34.2 Å². The molecule has 3 unspecified atom stereocenters. The first-order valence-corrected chi connectivity index (χ1v) is 13.2. The molecule has 2 saturated carbocycles. The van der Waals surface area contributed by atoms with Gasteiger partial charge in [-0.15, -0.1) is 0 Å². The molecule has 11 heteroatoms. The van der Waals surface area contributed by atoms with Crippen molar-refractivity contribution in [2.75, 3.05) is 28.3 Å². The molecule has 0 spiro atoms. The number of carbonyl (C=O) groups is 5. The topological polar surface area (TPSA) is 168 Å². The monoisotopic (exact) mass is 543 g/mol. The number of Topliss-reactive ketones (excluding diaryl/α,β-unsaturated/α-hetero) is 4. The molecule has 0 radical (unpaired) electrons.